The quantitative estimate of drug-likeness (QED) is 0.693. The first-order valence-electron chi connectivity index (χ1n) is 6.92. The SMILES string of the molecule is CCc1nn(CC)c(CC(N)c2ccc(I)c(Cl)c2)c1Cl. The van der Waals surface area contributed by atoms with E-state index in [9.17, 15) is 0 Å². The molecule has 0 radical (unpaired) electrons. The summed E-state index contributed by atoms with van der Waals surface area (Å²) in [4.78, 5) is 0. The molecule has 2 rings (SSSR count). The monoisotopic (exact) mass is 437 g/mol. The summed E-state index contributed by atoms with van der Waals surface area (Å²) in [5.41, 5.74) is 9.27. The van der Waals surface area contributed by atoms with Crippen LogP contribution in [-0.2, 0) is 19.4 Å². The summed E-state index contributed by atoms with van der Waals surface area (Å²) in [6.07, 6.45) is 1.47. The highest BCUT2D eigenvalue weighted by molar-refractivity contribution is 14.1. The summed E-state index contributed by atoms with van der Waals surface area (Å²) in [6.45, 7) is 4.89. The fraction of sp³-hybridized carbons (Fsp3) is 0.400. The van der Waals surface area contributed by atoms with Crippen molar-refractivity contribution in [2.45, 2.75) is 39.3 Å². The van der Waals surface area contributed by atoms with E-state index >= 15 is 0 Å². The predicted octanol–water partition coefficient (Wildman–Crippen LogP) is 4.62. The molecular formula is C15H18Cl2IN3. The molecule has 0 aliphatic heterocycles. The van der Waals surface area contributed by atoms with Crippen LogP contribution in [-0.4, -0.2) is 9.78 Å². The summed E-state index contributed by atoms with van der Waals surface area (Å²) < 4.78 is 2.96. The number of hydrogen-bond donors (Lipinski definition) is 1. The number of aromatic nitrogens is 2. The number of halogens is 3. The highest BCUT2D eigenvalue weighted by Gasteiger charge is 2.18. The number of rotatable bonds is 5. The van der Waals surface area contributed by atoms with Crippen LogP contribution < -0.4 is 5.73 Å². The minimum Gasteiger partial charge on any atom is -0.324 e. The highest BCUT2D eigenvalue weighted by atomic mass is 127. The Morgan fingerprint density at radius 3 is 2.62 bits per heavy atom. The molecule has 1 aromatic carbocycles. The van der Waals surface area contributed by atoms with Gasteiger partial charge in [0, 0.05) is 22.6 Å². The normalized spacial score (nSPS) is 12.7. The van der Waals surface area contributed by atoms with Gasteiger partial charge < -0.3 is 5.73 Å². The Hall–Kier alpha value is -0.300. The molecule has 21 heavy (non-hydrogen) atoms. The number of nitrogens with two attached hydrogens (primary N) is 1. The Labute approximate surface area is 148 Å². The molecule has 3 nitrogen and oxygen atoms in total. The molecule has 0 spiro atoms. The fourth-order valence-corrected chi connectivity index (χ4v) is 3.15. The molecule has 0 saturated heterocycles. The van der Waals surface area contributed by atoms with Gasteiger partial charge >= 0.3 is 0 Å². The minimum absolute atomic E-state index is 0.149. The average molecular weight is 438 g/mol. The van der Waals surface area contributed by atoms with E-state index in [1.54, 1.807) is 0 Å². The molecule has 6 heteroatoms. The van der Waals surface area contributed by atoms with Gasteiger partial charge in [-0.05, 0) is 53.6 Å². The molecule has 1 atom stereocenters. The maximum absolute atomic E-state index is 6.43. The Bertz CT molecular complexity index is 640. The predicted molar refractivity (Wildman–Crippen MR) is 97.1 cm³/mol. The number of nitrogens with zero attached hydrogens (tertiary/aromatic N) is 2. The molecule has 1 heterocycles. The molecule has 0 bridgehead atoms. The topological polar surface area (TPSA) is 43.8 Å². The second kappa shape index (κ2) is 7.31. The van der Waals surface area contributed by atoms with Crippen molar-refractivity contribution in [2.24, 2.45) is 5.73 Å². The van der Waals surface area contributed by atoms with Gasteiger partial charge in [-0.3, -0.25) is 4.68 Å². The molecule has 0 fully saturated rings. The van der Waals surface area contributed by atoms with Crippen molar-refractivity contribution in [1.82, 2.24) is 9.78 Å². The molecule has 114 valence electrons. The van der Waals surface area contributed by atoms with E-state index in [0.717, 1.165) is 43.5 Å². The van der Waals surface area contributed by atoms with E-state index in [-0.39, 0.29) is 6.04 Å². The maximum atomic E-state index is 6.43. The van der Waals surface area contributed by atoms with Crippen LogP contribution in [0, 0.1) is 3.57 Å². The second-order valence-electron chi connectivity index (χ2n) is 4.86. The number of benzene rings is 1. The van der Waals surface area contributed by atoms with Crippen molar-refractivity contribution in [1.29, 1.82) is 0 Å². The zero-order chi connectivity index (χ0) is 15.6. The minimum atomic E-state index is -0.149. The van der Waals surface area contributed by atoms with E-state index in [1.807, 2.05) is 22.9 Å². The highest BCUT2D eigenvalue weighted by Crippen LogP contribution is 2.28. The van der Waals surface area contributed by atoms with E-state index < -0.39 is 0 Å². The molecule has 2 N–H and O–H groups in total. The molecule has 1 unspecified atom stereocenters. The smallest absolute Gasteiger partial charge is 0.0850 e. The third kappa shape index (κ3) is 3.73. The first-order chi connectivity index (χ1) is 9.97. The van der Waals surface area contributed by atoms with Gasteiger partial charge in [0.1, 0.15) is 0 Å². The molecule has 0 saturated carbocycles. The average Bonchev–Trinajstić information content (AvgIpc) is 2.78. The third-order valence-corrected chi connectivity index (χ3v) is 5.49. The summed E-state index contributed by atoms with van der Waals surface area (Å²) in [7, 11) is 0. The summed E-state index contributed by atoms with van der Waals surface area (Å²) in [6, 6.07) is 5.77. The van der Waals surface area contributed by atoms with Crippen molar-refractivity contribution in [3.63, 3.8) is 0 Å². The van der Waals surface area contributed by atoms with Crippen LogP contribution in [0.4, 0.5) is 0 Å². The number of aryl methyl sites for hydroxylation is 2. The van der Waals surface area contributed by atoms with Crippen molar-refractivity contribution in [2.75, 3.05) is 0 Å². The van der Waals surface area contributed by atoms with Gasteiger partial charge in [0.15, 0.2) is 0 Å². The van der Waals surface area contributed by atoms with Crippen LogP contribution in [0.2, 0.25) is 10.0 Å². The zero-order valence-electron chi connectivity index (χ0n) is 12.0. The van der Waals surface area contributed by atoms with Crippen molar-refractivity contribution < 1.29 is 0 Å². The standard InChI is InChI=1S/C15H18Cl2IN3/c1-3-13-15(17)14(21(4-2)20-13)8-12(19)9-5-6-11(18)10(16)7-9/h5-7,12H,3-4,8,19H2,1-2H3. The van der Waals surface area contributed by atoms with Crippen molar-refractivity contribution in [3.05, 3.63) is 48.8 Å². The first-order valence-corrected chi connectivity index (χ1v) is 8.75. The van der Waals surface area contributed by atoms with E-state index in [4.69, 9.17) is 28.9 Å². The Kier molecular flexibility index (Phi) is 5.94. The second-order valence-corrected chi connectivity index (χ2v) is 6.81. The zero-order valence-corrected chi connectivity index (χ0v) is 15.7. The molecule has 1 aromatic heterocycles. The lowest BCUT2D eigenvalue weighted by molar-refractivity contribution is 0.585. The maximum Gasteiger partial charge on any atom is 0.0850 e. The van der Waals surface area contributed by atoms with Crippen molar-refractivity contribution in [3.8, 4) is 0 Å². The van der Waals surface area contributed by atoms with E-state index in [0.29, 0.717) is 6.42 Å². The first kappa shape index (κ1) is 17.1. The van der Waals surface area contributed by atoms with Crippen molar-refractivity contribution >= 4 is 45.8 Å². The molecule has 0 aliphatic rings. The fourth-order valence-electron chi connectivity index (χ4n) is 2.28. The molecular weight excluding hydrogens is 420 g/mol. The van der Waals surface area contributed by atoms with Gasteiger partial charge in [-0.25, -0.2) is 0 Å². The van der Waals surface area contributed by atoms with E-state index in [1.165, 1.54) is 0 Å². The van der Waals surface area contributed by atoms with Gasteiger partial charge in [-0.2, -0.15) is 5.10 Å². The number of hydrogen-bond acceptors (Lipinski definition) is 2. The summed E-state index contributed by atoms with van der Waals surface area (Å²) >= 11 is 14.8. The third-order valence-electron chi connectivity index (χ3n) is 3.48. The van der Waals surface area contributed by atoms with E-state index in [2.05, 4.69) is 41.5 Å². The van der Waals surface area contributed by atoms with Gasteiger partial charge in [-0.15, -0.1) is 0 Å². The van der Waals surface area contributed by atoms with Crippen LogP contribution in [0.25, 0.3) is 0 Å². The van der Waals surface area contributed by atoms with Crippen LogP contribution >= 0.6 is 45.8 Å². The lowest BCUT2D eigenvalue weighted by Crippen LogP contribution is -2.16. The van der Waals surface area contributed by atoms with Crippen LogP contribution in [0.5, 0.6) is 0 Å². The lowest BCUT2D eigenvalue weighted by atomic mass is 10.0. The Morgan fingerprint density at radius 2 is 2.05 bits per heavy atom. The van der Waals surface area contributed by atoms with Gasteiger partial charge in [0.05, 0.1) is 21.4 Å². The van der Waals surface area contributed by atoms with Gasteiger partial charge in [0.25, 0.3) is 0 Å². The summed E-state index contributed by atoms with van der Waals surface area (Å²) in [5, 5.41) is 6.00. The molecule has 2 aromatic rings. The van der Waals surface area contributed by atoms with Crippen LogP contribution in [0.1, 0.15) is 36.8 Å². The van der Waals surface area contributed by atoms with Crippen LogP contribution in [0.3, 0.4) is 0 Å². The Balaban J connectivity index is 2.28. The summed E-state index contributed by atoms with van der Waals surface area (Å²) in [5.74, 6) is 0. The lowest BCUT2D eigenvalue weighted by Gasteiger charge is -2.14. The largest absolute Gasteiger partial charge is 0.324 e. The van der Waals surface area contributed by atoms with Gasteiger partial charge in [-0.1, -0.05) is 36.2 Å². The van der Waals surface area contributed by atoms with Gasteiger partial charge in [0.2, 0.25) is 0 Å². The van der Waals surface area contributed by atoms with Crippen LogP contribution in [0.15, 0.2) is 18.2 Å². The molecule has 0 aliphatic carbocycles. The Morgan fingerprint density at radius 1 is 1.33 bits per heavy atom. The molecule has 0 amide bonds.